The van der Waals surface area contributed by atoms with E-state index < -0.39 is 10.0 Å². The molecule has 0 fully saturated rings. The van der Waals surface area contributed by atoms with Crippen molar-refractivity contribution in [2.75, 3.05) is 6.54 Å². The van der Waals surface area contributed by atoms with Gasteiger partial charge in [0.05, 0.1) is 10.8 Å². The van der Waals surface area contributed by atoms with Gasteiger partial charge in [0.15, 0.2) is 0 Å². The van der Waals surface area contributed by atoms with Gasteiger partial charge in [0.25, 0.3) is 0 Å². The highest BCUT2D eigenvalue weighted by Gasteiger charge is 2.30. The van der Waals surface area contributed by atoms with Crippen molar-refractivity contribution in [3.63, 3.8) is 0 Å². The first-order chi connectivity index (χ1) is 9.36. The molecular weight excluding hydrogens is 314 g/mol. The van der Waals surface area contributed by atoms with Crippen molar-refractivity contribution in [2.45, 2.75) is 57.4 Å². The fourth-order valence-electron chi connectivity index (χ4n) is 2.20. The van der Waals surface area contributed by atoms with E-state index in [1.807, 2.05) is 27.7 Å². The molecule has 0 atom stereocenters. The average molecular weight is 338 g/mol. The molecule has 1 aromatic heterocycles. The van der Waals surface area contributed by atoms with Crippen LogP contribution in [0.25, 0.3) is 0 Å². The third-order valence-electron chi connectivity index (χ3n) is 3.26. The van der Waals surface area contributed by atoms with Crippen LogP contribution in [0.4, 0.5) is 0 Å². The highest BCUT2D eigenvalue weighted by molar-refractivity contribution is 7.89. The lowest BCUT2D eigenvalue weighted by Crippen LogP contribution is -2.41. The Morgan fingerprint density at radius 2 is 1.90 bits per heavy atom. The van der Waals surface area contributed by atoms with Gasteiger partial charge in [0, 0.05) is 22.8 Å². The molecule has 1 rings (SSSR count). The van der Waals surface area contributed by atoms with Crippen molar-refractivity contribution >= 4 is 33.0 Å². The van der Waals surface area contributed by atoms with E-state index in [4.69, 9.17) is 11.6 Å². The van der Waals surface area contributed by atoms with Gasteiger partial charge in [-0.15, -0.1) is 22.9 Å². The summed E-state index contributed by atoms with van der Waals surface area (Å²) in [6.45, 7) is 8.72. The number of thiophene rings is 1. The topological polar surface area (TPSA) is 37.4 Å². The van der Waals surface area contributed by atoms with Gasteiger partial charge in [0.2, 0.25) is 10.0 Å². The molecule has 0 aliphatic rings. The first-order valence-corrected chi connectivity index (χ1v) is 9.87. The number of nitrogens with zero attached hydrogens (tertiary/aromatic N) is 1. The Labute approximate surface area is 132 Å². The van der Waals surface area contributed by atoms with Crippen LogP contribution in [0.2, 0.25) is 0 Å². The Hall–Kier alpha value is -0.100. The van der Waals surface area contributed by atoms with Crippen LogP contribution in [0.1, 0.15) is 45.4 Å². The Kier molecular flexibility index (Phi) is 6.98. The van der Waals surface area contributed by atoms with E-state index in [1.54, 1.807) is 15.8 Å². The Bertz CT molecular complexity index is 507. The molecule has 116 valence electrons. The molecule has 3 nitrogen and oxygen atoms in total. The van der Waals surface area contributed by atoms with Crippen LogP contribution in [0.5, 0.6) is 0 Å². The summed E-state index contributed by atoms with van der Waals surface area (Å²) in [7, 11) is -3.42. The average Bonchev–Trinajstić information content (AvgIpc) is 2.88. The molecule has 0 aromatic carbocycles. The predicted molar refractivity (Wildman–Crippen MR) is 87.0 cm³/mol. The maximum Gasteiger partial charge on any atom is 0.244 e. The molecule has 20 heavy (non-hydrogen) atoms. The van der Waals surface area contributed by atoms with Crippen molar-refractivity contribution in [3.05, 3.63) is 16.3 Å². The van der Waals surface area contributed by atoms with E-state index >= 15 is 0 Å². The van der Waals surface area contributed by atoms with Gasteiger partial charge in [-0.1, -0.05) is 27.7 Å². The van der Waals surface area contributed by atoms with Crippen molar-refractivity contribution in [1.82, 2.24) is 4.31 Å². The molecule has 0 saturated carbocycles. The van der Waals surface area contributed by atoms with Crippen molar-refractivity contribution in [1.29, 1.82) is 0 Å². The van der Waals surface area contributed by atoms with Gasteiger partial charge in [0.1, 0.15) is 0 Å². The van der Waals surface area contributed by atoms with Crippen molar-refractivity contribution in [2.24, 2.45) is 5.92 Å². The first kappa shape index (κ1) is 18.0. The molecule has 6 heteroatoms. The van der Waals surface area contributed by atoms with Crippen molar-refractivity contribution in [3.8, 4) is 0 Å². The zero-order valence-electron chi connectivity index (χ0n) is 12.6. The maximum atomic E-state index is 12.8. The van der Waals surface area contributed by atoms with Gasteiger partial charge in [-0.05, 0) is 24.8 Å². The zero-order valence-corrected chi connectivity index (χ0v) is 15.0. The van der Waals surface area contributed by atoms with Crippen LogP contribution in [-0.4, -0.2) is 25.3 Å². The molecule has 0 N–H and O–H groups in total. The number of hydrogen-bond acceptors (Lipinski definition) is 3. The molecule has 1 aromatic rings. The molecule has 0 aliphatic heterocycles. The van der Waals surface area contributed by atoms with E-state index in [0.29, 0.717) is 23.2 Å². The second kappa shape index (κ2) is 7.78. The van der Waals surface area contributed by atoms with Crippen LogP contribution in [0, 0.1) is 5.92 Å². The quantitative estimate of drug-likeness (QED) is 0.662. The molecule has 0 bridgehead atoms. The zero-order chi connectivity index (χ0) is 15.3. The molecule has 0 radical (unpaired) electrons. The summed E-state index contributed by atoms with van der Waals surface area (Å²) in [5.41, 5.74) is 0. The molecule has 0 unspecified atom stereocenters. The normalized spacial score (nSPS) is 12.8. The Morgan fingerprint density at radius 1 is 1.30 bits per heavy atom. The SMILES string of the molecule is CCC(CC)N(CC(C)C)S(=O)(=O)c1csc(CCl)c1. The molecule has 0 saturated heterocycles. The van der Waals surface area contributed by atoms with Crippen LogP contribution in [-0.2, 0) is 15.9 Å². The lowest BCUT2D eigenvalue weighted by Gasteiger charge is -2.30. The lowest BCUT2D eigenvalue weighted by molar-refractivity contribution is 0.277. The Balaban J connectivity index is 3.15. The van der Waals surface area contributed by atoms with Crippen LogP contribution in [0.15, 0.2) is 16.3 Å². The highest BCUT2D eigenvalue weighted by Crippen LogP contribution is 2.27. The number of hydrogen-bond donors (Lipinski definition) is 0. The maximum absolute atomic E-state index is 12.8. The monoisotopic (exact) mass is 337 g/mol. The van der Waals surface area contributed by atoms with Gasteiger partial charge in [-0.2, -0.15) is 4.31 Å². The van der Waals surface area contributed by atoms with Crippen LogP contribution >= 0.6 is 22.9 Å². The highest BCUT2D eigenvalue weighted by atomic mass is 35.5. The minimum atomic E-state index is -3.42. The van der Waals surface area contributed by atoms with E-state index in [-0.39, 0.29) is 6.04 Å². The number of rotatable bonds is 8. The number of sulfonamides is 1. The van der Waals surface area contributed by atoms with Crippen LogP contribution < -0.4 is 0 Å². The van der Waals surface area contributed by atoms with E-state index in [0.717, 1.165) is 17.7 Å². The van der Waals surface area contributed by atoms with Gasteiger partial charge >= 0.3 is 0 Å². The standard InChI is InChI=1S/C14H24ClNO2S2/c1-5-12(6-2)16(9-11(3)4)20(17,18)14-7-13(8-15)19-10-14/h7,10-12H,5-6,8-9H2,1-4H3. The minimum Gasteiger partial charge on any atom is -0.207 e. The summed E-state index contributed by atoms with van der Waals surface area (Å²) < 4.78 is 27.4. The summed E-state index contributed by atoms with van der Waals surface area (Å²) in [5.74, 6) is 0.659. The van der Waals surface area contributed by atoms with Gasteiger partial charge in [-0.3, -0.25) is 0 Å². The van der Waals surface area contributed by atoms with E-state index in [1.165, 1.54) is 11.3 Å². The second-order valence-corrected chi connectivity index (χ2v) is 8.47. The van der Waals surface area contributed by atoms with E-state index in [9.17, 15) is 8.42 Å². The lowest BCUT2D eigenvalue weighted by atomic mass is 10.1. The molecule has 1 heterocycles. The largest absolute Gasteiger partial charge is 0.244 e. The summed E-state index contributed by atoms with van der Waals surface area (Å²) in [6.07, 6.45) is 1.66. The molecule has 0 aliphatic carbocycles. The van der Waals surface area contributed by atoms with Gasteiger partial charge < -0.3 is 0 Å². The van der Waals surface area contributed by atoms with E-state index in [2.05, 4.69) is 0 Å². The predicted octanol–water partition coefficient (Wildman–Crippen LogP) is 4.32. The smallest absolute Gasteiger partial charge is 0.207 e. The van der Waals surface area contributed by atoms with Gasteiger partial charge in [-0.25, -0.2) is 8.42 Å². The summed E-state index contributed by atoms with van der Waals surface area (Å²) in [4.78, 5) is 1.27. The third-order valence-corrected chi connectivity index (χ3v) is 6.69. The molecular formula is C14H24ClNO2S2. The fourth-order valence-corrected chi connectivity index (χ4v) is 5.51. The summed E-state index contributed by atoms with van der Waals surface area (Å²) in [6, 6.07) is 1.75. The van der Waals surface area contributed by atoms with Crippen LogP contribution in [0.3, 0.4) is 0 Å². The summed E-state index contributed by atoms with van der Waals surface area (Å²) in [5, 5.41) is 1.70. The first-order valence-electron chi connectivity index (χ1n) is 7.01. The molecule has 0 spiro atoms. The van der Waals surface area contributed by atoms with Crippen molar-refractivity contribution < 1.29 is 8.42 Å². The minimum absolute atomic E-state index is 0.0572. The number of alkyl halides is 1. The molecule has 0 amide bonds. The third kappa shape index (κ3) is 4.20. The second-order valence-electron chi connectivity index (χ2n) is 5.32. The number of halogens is 1. The summed E-state index contributed by atoms with van der Waals surface area (Å²) >= 11 is 7.18. The Morgan fingerprint density at radius 3 is 2.30 bits per heavy atom. The fraction of sp³-hybridized carbons (Fsp3) is 0.714.